The second-order valence-electron chi connectivity index (χ2n) is 5.49. The SMILES string of the molecule is COc1cccc(C2CC(C(=O)NCc3cccnc3)NN2)c1. The molecule has 6 nitrogen and oxygen atoms in total. The number of hydrazine groups is 1. The van der Waals surface area contributed by atoms with Crippen molar-refractivity contribution in [2.75, 3.05) is 7.11 Å². The highest BCUT2D eigenvalue weighted by Crippen LogP contribution is 2.25. The number of benzene rings is 1. The van der Waals surface area contributed by atoms with Gasteiger partial charge in [0.2, 0.25) is 5.91 Å². The molecule has 0 saturated carbocycles. The Kier molecular flexibility index (Phi) is 4.85. The number of pyridine rings is 1. The third kappa shape index (κ3) is 3.85. The molecule has 1 aliphatic heterocycles. The van der Waals surface area contributed by atoms with Crippen LogP contribution < -0.4 is 20.9 Å². The molecule has 1 fully saturated rings. The van der Waals surface area contributed by atoms with Gasteiger partial charge >= 0.3 is 0 Å². The zero-order chi connectivity index (χ0) is 16.1. The zero-order valence-corrected chi connectivity index (χ0v) is 13.0. The minimum Gasteiger partial charge on any atom is -0.497 e. The predicted molar refractivity (Wildman–Crippen MR) is 86.5 cm³/mol. The van der Waals surface area contributed by atoms with Gasteiger partial charge in [0, 0.05) is 25.0 Å². The summed E-state index contributed by atoms with van der Waals surface area (Å²) in [5.41, 5.74) is 8.31. The van der Waals surface area contributed by atoms with E-state index in [0.29, 0.717) is 13.0 Å². The standard InChI is InChI=1S/C17H20N4O2/c1-23-14-6-2-5-13(8-14)15-9-16(21-20-15)17(22)19-11-12-4-3-7-18-10-12/h2-8,10,15-16,20-21H,9,11H2,1H3,(H,19,22). The van der Waals surface area contributed by atoms with Crippen molar-refractivity contribution in [1.29, 1.82) is 0 Å². The third-order valence-corrected chi connectivity index (χ3v) is 3.91. The summed E-state index contributed by atoms with van der Waals surface area (Å²) in [4.78, 5) is 16.3. The first-order valence-electron chi connectivity index (χ1n) is 7.58. The van der Waals surface area contributed by atoms with E-state index in [9.17, 15) is 4.79 Å². The molecule has 0 aliphatic carbocycles. The van der Waals surface area contributed by atoms with Crippen LogP contribution in [-0.4, -0.2) is 24.0 Å². The van der Waals surface area contributed by atoms with Crippen LogP contribution >= 0.6 is 0 Å². The van der Waals surface area contributed by atoms with Gasteiger partial charge in [-0.15, -0.1) is 0 Å². The number of aromatic nitrogens is 1. The summed E-state index contributed by atoms with van der Waals surface area (Å²) in [7, 11) is 1.65. The van der Waals surface area contributed by atoms with Gasteiger partial charge in [0.15, 0.2) is 0 Å². The summed E-state index contributed by atoms with van der Waals surface area (Å²) in [6.07, 6.45) is 4.15. The highest BCUT2D eigenvalue weighted by Gasteiger charge is 2.30. The molecule has 6 heteroatoms. The van der Waals surface area contributed by atoms with Crippen LogP contribution in [0.2, 0.25) is 0 Å². The normalized spacial score (nSPS) is 20.2. The van der Waals surface area contributed by atoms with Gasteiger partial charge in [-0.3, -0.25) is 9.78 Å². The Bertz CT molecular complexity index is 663. The molecule has 120 valence electrons. The molecule has 3 rings (SSSR count). The first kappa shape index (κ1) is 15.5. The lowest BCUT2D eigenvalue weighted by molar-refractivity contribution is -0.123. The van der Waals surface area contributed by atoms with Gasteiger partial charge in [0.25, 0.3) is 0 Å². The highest BCUT2D eigenvalue weighted by molar-refractivity contribution is 5.82. The number of methoxy groups -OCH3 is 1. The number of ether oxygens (including phenoxy) is 1. The van der Waals surface area contributed by atoms with Crippen molar-refractivity contribution >= 4 is 5.91 Å². The Morgan fingerprint density at radius 3 is 3.04 bits per heavy atom. The smallest absolute Gasteiger partial charge is 0.238 e. The number of hydrogen-bond acceptors (Lipinski definition) is 5. The minimum atomic E-state index is -0.261. The van der Waals surface area contributed by atoms with E-state index in [1.165, 1.54) is 0 Å². The Balaban J connectivity index is 1.55. The van der Waals surface area contributed by atoms with Crippen LogP contribution in [0, 0.1) is 0 Å². The summed E-state index contributed by atoms with van der Waals surface area (Å²) in [5.74, 6) is 0.792. The number of carbonyl (C=O) groups excluding carboxylic acids is 1. The van der Waals surface area contributed by atoms with Gasteiger partial charge in [-0.25, -0.2) is 10.9 Å². The largest absolute Gasteiger partial charge is 0.497 e. The molecule has 0 bridgehead atoms. The van der Waals surface area contributed by atoms with Crippen molar-refractivity contribution in [3.05, 3.63) is 59.9 Å². The van der Waals surface area contributed by atoms with Gasteiger partial charge in [0.05, 0.1) is 7.11 Å². The van der Waals surface area contributed by atoms with Crippen molar-refractivity contribution in [1.82, 2.24) is 21.2 Å². The number of nitrogens with zero attached hydrogens (tertiary/aromatic N) is 1. The number of hydrogen-bond donors (Lipinski definition) is 3. The number of amides is 1. The Hall–Kier alpha value is -2.44. The van der Waals surface area contributed by atoms with E-state index >= 15 is 0 Å². The lowest BCUT2D eigenvalue weighted by Crippen LogP contribution is -2.42. The zero-order valence-electron chi connectivity index (χ0n) is 13.0. The van der Waals surface area contributed by atoms with E-state index < -0.39 is 0 Å². The van der Waals surface area contributed by atoms with Crippen LogP contribution in [-0.2, 0) is 11.3 Å². The predicted octanol–water partition coefficient (Wildman–Crippen LogP) is 1.31. The van der Waals surface area contributed by atoms with E-state index in [-0.39, 0.29) is 18.0 Å². The molecule has 1 amide bonds. The molecule has 0 radical (unpaired) electrons. The van der Waals surface area contributed by atoms with Gasteiger partial charge in [-0.2, -0.15) is 0 Å². The fourth-order valence-corrected chi connectivity index (χ4v) is 2.62. The summed E-state index contributed by atoms with van der Waals surface area (Å²) in [5, 5.41) is 2.93. The topological polar surface area (TPSA) is 75.3 Å². The van der Waals surface area contributed by atoms with E-state index in [4.69, 9.17) is 4.74 Å². The van der Waals surface area contributed by atoms with Crippen molar-refractivity contribution in [3.8, 4) is 5.75 Å². The van der Waals surface area contributed by atoms with E-state index in [1.54, 1.807) is 19.5 Å². The maximum atomic E-state index is 12.3. The maximum Gasteiger partial charge on any atom is 0.238 e. The van der Waals surface area contributed by atoms with Crippen molar-refractivity contribution in [2.24, 2.45) is 0 Å². The maximum absolute atomic E-state index is 12.3. The average molecular weight is 312 g/mol. The Morgan fingerprint density at radius 1 is 1.35 bits per heavy atom. The Labute approximate surface area is 135 Å². The lowest BCUT2D eigenvalue weighted by atomic mass is 10.0. The van der Waals surface area contributed by atoms with Gasteiger partial charge in [0.1, 0.15) is 11.8 Å². The molecule has 1 aromatic heterocycles. The fourth-order valence-electron chi connectivity index (χ4n) is 2.62. The van der Waals surface area contributed by atoms with Crippen LogP contribution in [0.4, 0.5) is 0 Å². The second kappa shape index (κ2) is 7.21. The summed E-state index contributed by atoms with van der Waals surface area (Å²) in [6, 6.07) is 11.5. The van der Waals surface area contributed by atoms with Gasteiger partial charge < -0.3 is 10.1 Å². The molecule has 1 aromatic carbocycles. The molecule has 1 aliphatic rings. The fraction of sp³-hybridized carbons (Fsp3) is 0.294. The molecular formula is C17H20N4O2. The molecule has 2 unspecified atom stereocenters. The second-order valence-corrected chi connectivity index (χ2v) is 5.49. The van der Waals surface area contributed by atoms with Crippen LogP contribution in [0.1, 0.15) is 23.6 Å². The quantitative estimate of drug-likeness (QED) is 0.776. The molecule has 23 heavy (non-hydrogen) atoms. The molecule has 0 spiro atoms. The highest BCUT2D eigenvalue weighted by atomic mass is 16.5. The van der Waals surface area contributed by atoms with Crippen molar-refractivity contribution < 1.29 is 9.53 Å². The van der Waals surface area contributed by atoms with Crippen molar-refractivity contribution in [2.45, 2.75) is 25.0 Å². The van der Waals surface area contributed by atoms with Gasteiger partial charge in [-0.1, -0.05) is 18.2 Å². The summed E-state index contributed by atoms with van der Waals surface area (Å²) >= 11 is 0. The van der Waals surface area contributed by atoms with Gasteiger partial charge in [-0.05, 0) is 35.7 Å². The van der Waals surface area contributed by atoms with Crippen LogP contribution in [0.15, 0.2) is 48.8 Å². The van der Waals surface area contributed by atoms with Crippen molar-refractivity contribution in [3.63, 3.8) is 0 Å². The van der Waals surface area contributed by atoms with Crippen LogP contribution in [0.5, 0.6) is 5.75 Å². The third-order valence-electron chi connectivity index (χ3n) is 3.91. The van der Waals surface area contributed by atoms with Crippen LogP contribution in [0.25, 0.3) is 0 Å². The van der Waals surface area contributed by atoms with E-state index in [1.807, 2.05) is 36.4 Å². The minimum absolute atomic E-state index is 0.0215. The average Bonchev–Trinajstić information content (AvgIpc) is 3.11. The van der Waals surface area contributed by atoms with E-state index in [2.05, 4.69) is 21.2 Å². The lowest BCUT2D eigenvalue weighted by Gasteiger charge is -2.11. The number of nitrogens with one attached hydrogen (secondary N) is 3. The monoisotopic (exact) mass is 312 g/mol. The first-order valence-corrected chi connectivity index (χ1v) is 7.58. The molecule has 2 heterocycles. The molecule has 3 N–H and O–H groups in total. The first-order chi connectivity index (χ1) is 11.3. The number of carbonyl (C=O) groups is 1. The molecule has 2 aromatic rings. The summed E-state index contributed by atoms with van der Waals surface area (Å²) < 4.78 is 5.24. The summed E-state index contributed by atoms with van der Waals surface area (Å²) in [6.45, 7) is 0.481. The Morgan fingerprint density at radius 2 is 2.26 bits per heavy atom. The molecular weight excluding hydrogens is 292 g/mol. The number of rotatable bonds is 5. The molecule has 2 atom stereocenters. The van der Waals surface area contributed by atoms with Crippen LogP contribution in [0.3, 0.4) is 0 Å². The molecule has 1 saturated heterocycles. The van der Waals surface area contributed by atoms with E-state index in [0.717, 1.165) is 16.9 Å².